The Morgan fingerprint density at radius 2 is 0.800 bits per heavy atom. The van der Waals surface area contributed by atoms with Crippen LogP contribution in [0.15, 0.2) is 60.7 Å². The van der Waals surface area contributed by atoms with Crippen molar-refractivity contribution in [2.24, 2.45) is 0 Å². The van der Waals surface area contributed by atoms with E-state index < -0.39 is 0 Å². The Morgan fingerprint density at radius 3 is 1.07 bits per heavy atom. The molecule has 0 heterocycles. The molecule has 0 spiro atoms. The summed E-state index contributed by atoms with van der Waals surface area (Å²) in [6.07, 6.45) is 0. The van der Waals surface area contributed by atoms with Crippen molar-refractivity contribution >= 4 is 24.0 Å². The molecule has 2 aromatic carbocycles. The summed E-state index contributed by atoms with van der Waals surface area (Å²) in [5.74, 6) is 0. The van der Waals surface area contributed by atoms with Gasteiger partial charge in [0, 0.05) is 0 Å². The van der Waals surface area contributed by atoms with Gasteiger partial charge in [0.1, 0.15) is 0 Å². The Balaban J connectivity index is 0.000000617. The van der Waals surface area contributed by atoms with Crippen LogP contribution in [-0.2, 0) is 0 Å². The van der Waals surface area contributed by atoms with Gasteiger partial charge in [-0.2, -0.15) is 0 Å². The molecule has 0 saturated carbocycles. The van der Waals surface area contributed by atoms with Gasteiger partial charge in [0.15, 0.2) is 0 Å². The van der Waals surface area contributed by atoms with Crippen LogP contribution < -0.4 is 0 Å². The van der Waals surface area contributed by atoms with Crippen LogP contribution in [0.4, 0.5) is 0 Å². The molecule has 0 bridgehead atoms. The smallest absolute Gasteiger partial charge is 0.0184 e. The largest absolute Gasteiger partial charge is 0.107 e. The van der Waals surface area contributed by atoms with Crippen molar-refractivity contribution < 1.29 is 0 Å². The molecule has 0 amide bonds. The molecule has 0 atom stereocenters. The van der Waals surface area contributed by atoms with Crippen LogP contribution in [0.1, 0.15) is 13.8 Å². The minimum Gasteiger partial charge on any atom is -0.107 e. The van der Waals surface area contributed by atoms with Gasteiger partial charge in [-0.15, -0.1) is 24.0 Å². The summed E-state index contributed by atoms with van der Waals surface area (Å²) < 4.78 is 0. The molecule has 0 aliphatic heterocycles. The third-order valence-corrected chi connectivity index (χ3v) is 1.88. The Bertz CT molecular complexity index is 303. The maximum absolute atomic E-state index is 2.12. The van der Waals surface area contributed by atoms with Crippen molar-refractivity contribution in [1.82, 2.24) is 0 Å². The zero-order chi connectivity index (χ0) is 10.2. The van der Waals surface area contributed by atoms with E-state index in [-0.39, 0.29) is 24.0 Å². The van der Waals surface area contributed by atoms with Crippen LogP contribution in [0, 0.1) is 0 Å². The van der Waals surface area contributed by atoms with E-state index in [1.807, 2.05) is 26.0 Å². The number of halogens is 1. The molecule has 0 aliphatic rings. The first-order valence-corrected chi connectivity index (χ1v) is 5.07. The minimum atomic E-state index is 0. The SMILES string of the molecule is CC.I.c1ccc(-c2ccccc2)cc1. The van der Waals surface area contributed by atoms with E-state index in [1.165, 1.54) is 11.1 Å². The predicted octanol–water partition coefficient (Wildman–Crippen LogP) is 5.00. The summed E-state index contributed by atoms with van der Waals surface area (Å²) in [7, 11) is 0. The summed E-state index contributed by atoms with van der Waals surface area (Å²) in [5.41, 5.74) is 2.55. The molecule has 1 heteroatoms. The zero-order valence-corrected chi connectivity index (χ0v) is 11.5. The van der Waals surface area contributed by atoms with Crippen molar-refractivity contribution in [1.29, 1.82) is 0 Å². The van der Waals surface area contributed by atoms with Gasteiger partial charge in [-0.1, -0.05) is 74.5 Å². The molecule has 0 N–H and O–H groups in total. The molecule has 2 aromatic rings. The second-order valence-electron chi connectivity index (χ2n) is 2.73. The fourth-order valence-electron chi connectivity index (χ4n) is 1.26. The highest BCUT2D eigenvalue weighted by atomic mass is 127. The molecular weight excluding hydrogens is 295 g/mol. The first-order valence-electron chi connectivity index (χ1n) is 5.07. The van der Waals surface area contributed by atoms with E-state index in [4.69, 9.17) is 0 Å². The molecule has 80 valence electrons. The second-order valence-corrected chi connectivity index (χ2v) is 2.73. The van der Waals surface area contributed by atoms with Crippen molar-refractivity contribution in [2.45, 2.75) is 13.8 Å². The lowest BCUT2D eigenvalue weighted by atomic mass is 10.1. The fraction of sp³-hybridized carbons (Fsp3) is 0.143. The van der Waals surface area contributed by atoms with Crippen molar-refractivity contribution in [3.05, 3.63) is 60.7 Å². The van der Waals surface area contributed by atoms with Gasteiger partial charge in [0.05, 0.1) is 0 Å². The highest BCUT2D eigenvalue weighted by Crippen LogP contribution is 2.17. The zero-order valence-electron chi connectivity index (χ0n) is 9.18. The van der Waals surface area contributed by atoms with Crippen molar-refractivity contribution in [2.75, 3.05) is 0 Å². The predicted molar refractivity (Wildman–Crippen MR) is 78.6 cm³/mol. The average molecular weight is 312 g/mol. The number of rotatable bonds is 1. The molecule has 0 aliphatic carbocycles. The molecule has 0 radical (unpaired) electrons. The van der Waals surface area contributed by atoms with Gasteiger partial charge in [0.25, 0.3) is 0 Å². The van der Waals surface area contributed by atoms with Crippen molar-refractivity contribution in [3.8, 4) is 11.1 Å². The van der Waals surface area contributed by atoms with Crippen LogP contribution in [0.2, 0.25) is 0 Å². The molecular formula is C14H17I. The summed E-state index contributed by atoms with van der Waals surface area (Å²) in [6, 6.07) is 20.8. The van der Waals surface area contributed by atoms with Gasteiger partial charge in [0.2, 0.25) is 0 Å². The van der Waals surface area contributed by atoms with Crippen LogP contribution >= 0.6 is 24.0 Å². The minimum absolute atomic E-state index is 0. The van der Waals surface area contributed by atoms with Crippen LogP contribution in [0.3, 0.4) is 0 Å². The standard InChI is InChI=1S/C12H10.C2H6.HI/c1-3-7-11(8-4-1)12-9-5-2-6-10-12;1-2;/h1-10H;1-2H3;1H. The lowest BCUT2D eigenvalue weighted by Crippen LogP contribution is -1.73. The average Bonchev–Trinajstić information content (AvgIpc) is 2.34. The molecule has 0 aromatic heterocycles. The van der Waals surface area contributed by atoms with Gasteiger partial charge < -0.3 is 0 Å². The van der Waals surface area contributed by atoms with E-state index in [2.05, 4.69) is 48.5 Å². The van der Waals surface area contributed by atoms with Gasteiger partial charge in [-0.3, -0.25) is 0 Å². The Morgan fingerprint density at radius 1 is 0.533 bits per heavy atom. The third-order valence-electron chi connectivity index (χ3n) is 1.88. The second kappa shape index (κ2) is 8.48. The first kappa shape index (κ1) is 14.2. The molecule has 0 saturated heterocycles. The normalized spacial score (nSPS) is 8.13. The lowest BCUT2D eigenvalue weighted by molar-refractivity contribution is 1.50. The van der Waals surface area contributed by atoms with Gasteiger partial charge >= 0.3 is 0 Å². The third kappa shape index (κ3) is 4.47. The lowest BCUT2D eigenvalue weighted by Gasteiger charge is -1.98. The number of benzene rings is 2. The highest BCUT2D eigenvalue weighted by Gasteiger charge is 1.91. The maximum atomic E-state index is 2.12. The summed E-state index contributed by atoms with van der Waals surface area (Å²) in [4.78, 5) is 0. The first-order chi connectivity index (χ1) is 6.97. The van der Waals surface area contributed by atoms with Crippen LogP contribution in [-0.4, -0.2) is 0 Å². The molecule has 0 nitrogen and oxygen atoms in total. The number of hydrogen-bond acceptors (Lipinski definition) is 0. The van der Waals surface area contributed by atoms with Crippen molar-refractivity contribution in [3.63, 3.8) is 0 Å². The van der Waals surface area contributed by atoms with E-state index in [0.29, 0.717) is 0 Å². The van der Waals surface area contributed by atoms with Gasteiger partial charge in [-0.25, -0.2) is 0 Å². The van der Waals surface area contributed by atoms with Gasteiger partial charge in [-0.05, 0) is 11.1 Å². The molecule has 0 fully saturated rings. The number of hydrogen-bond donors (Lipinski definition) is 0. The Labute approximate surface area is 109 Å². The summed E-state index contributed by atoms with van der Waals surface area (Å²) in [5, 5.41) is 0. The van der Waals surface area contributed by atoms with E-state index in [1.54, 1.807) is 0 Å². The Kier molecular flexibility index (Phi) is 8.01. The molecule has 0 unspecified atom stereocenters. The molecule has 2 rings (SSSR count). The topological polar surface area (TPSA) is 0 Å². The van der Waals surface area contributed by atoms with E-state index in [0.717, 1.165) is 0 Å². The maximum Gasteiger partial charge on any atom is -0.0184 e. The summed E-state index contributed by atoms with van der Waals surface area (Å²) in [6.45, 7) is 4.00. The van der Waals surface area contributed by atoms with E-state index >= 15 is 0 Å². The van der Waals surface area contributed by atoms with E-state index in [9.17, 15) is 0 Å². The summed E-state index contributed by atoms with van der Waals surface area (Å²) >= 11 is 0. The van der Waals surface area contributed by atoms with Crippen LogP contribution in [0.25, 0.3) is 11.1 Å². The highest BCUT2D eigenvalue weighted by molar-refractivity contribution is 14.0. The van der Waals surface area contributed by atoms with Crippen LogP contribution in [0.5, 0.6) is 0 Å². The fourth-order valence-corrected chi connectivity index (χ4v) is 1.26. The Hall–Kier alpha value is -0.830. The monoisotopic (exact) mass is 312 g/mol. The molecule has 15 heavy (non-hydrogen) atoms. The quantitative estimate of drug-likeness (QED) is 0.650.